The summed E-state index contributed by atoms with van der Waals surface area (Å²) in [7, 11) is 0. The fourth-order valence-electron chi connectivity index (χ4n) is 1.66. The minimum Gasteiger partial charge on any atom is -0.463 e. The van der Waals surface area contributed by atoms with Crippen molar-refractivity contribution in [3.8, 4) is 0 Å². The van der Waals surface area contributed by atoms with Gasteiger partial charge in [-0.15, -0.1) is 0 Å². The number of ether oxygens (including phenoxy) is 1. The van der Waals surface area contributed by atoms with E-state index in [4.69, 9.17) is 4.74 Å². The number of carbonyl (C=O) groups excluding carboxylic acids is 1. The molecule has 0 spiro atoms. The maximum Gasteiger partial charge on any atom is 0.306 e. The molecule has 0 saturated carbocycles. The Morgan fingerprint density at radius 3 is 2.69 bits per heavy atom. The Balaban J connectivity index is 2.25. The molecule has 0 N–H and O–H groups in total. The van der Waals surface area contributed by atoms with Crippen molar-refractivity contribution in [3.05, 3.63) is 12.2 Å². The summed E-state index contributed by atoms with van der Waals surface area (Å²) in [6.45, 7) is 5.93. The van der Waals surface area contributed by atoms with E-state index >= 15 is 0 Å². The largest absolute Gasteiger partial charge is 0.463 e. The first-order valence-corrected chi connectivity index (χ1v) is 4.95. The quantitative estimate of drug-likeness (QED) is 0.495. The molecule has 0 bridgehead atoms. The third-order valence-corrected chi connectivity index (χ3v) is 2.18. The van der Waals surface area contributed by atoms with E-state index in [-0.39, 0.29) is 12.1 Å². The summed E-state index contributed by atoms with van der Waals surface area (Å²) in [5.74, 6) is 0.955. The van der Waals surface area contributed by atoms with Gasteiger partial charge in [-0.25, -0.2) is 0 Å². The first-order chi connectivity index (χ1) is 6.08. The molecular weight excluding hydrogens is 164 g/mol. The van der Waals surface area contributed by atoms with Crippen LogP contribution < -0.4 is 0 Å². The van der Waals surface area contributed by atoms with Gasteiger partial charge in [0.25, 0.3) is 0 Å². The van der Waals surface area contributed by atoms with Crippen molar-refractivity contribution in [1.82, 2.24) is 0 Å². The Hall–Kier alpha value is -0.790. The van der Waals surface area contributed by atoms with Crippen LogP contribution in [0.5, 0.6) is 0 Å². The van der Waals surface area contributed by atoms with Gasteiger partial charge in [-0.3, -0.25) is 4.79 Å². The zero-order valence-electron chi connectivity index (χ0n) is 8.62. The summed E-state index contributed by atoms with van der Waals surface area (Å²) >= 11 is 0. The highest BCUT2D eigenvalue weighted by atomic mass is 16.5. The Morgan fingerprint density at radius 2 is 2.23 bits per heavy atom. The van der Waals surface area contributed by atoms with Crippen LogP contribution in [0.15, 0.2) is 12.2 Å². The predicted octanol–water partition coefficient (Wildman–Crippen LogP) is 2.54. The molecule has 2 atom stereocenters. The minimum absolute atomic E-state index is 0.00954. The van der Waals surface area contributed by atoms with Gasteiger partial charge in [-0.05, 0) is 32.1 Å². The lowest BCUT2D eigenvalue weighted by molar-refractivity contribution is -0.148. The maximum absolute atomic E-state index is 11.3. The van der Waals surface area contributed by atoms with Gasteiger partial charge < -0.3 is 4.74 Å². The average molecular weight is 182 g/mol. The molecule has 2 nitrogen and oxygen atoms in total. The van der Waals surface area contributed by atoms with Crippen molar-refractivity contribution in [1.29, 1.82) is 0 Å². The Kier molecular flexibility index (Phi) is 3.52. The van der Waals surface area contributed by atoms with Crippen molar-refractivity contribution < 1.29 is 9.53 Å². The minimum atomic E-state index is -0.0706. The summed E-state index contributed by atoms with van der Waals surface area (Å²) in [6.07, 6.45) is 5.95. The zero-order chi connectivity index (χ0) is 9.84. The second kappa shape index (κ2) is 4.45. The Labute approximate surface area is 80.0 Å². The lowest BCUT2D eigenvalue weighted by Gasteiger charge is -2.11. The van der Waals surface area contributed by atoms with Crippen LogP contribution in [0.1, 0.15) is 33.6 Å². The molecule has 1 rings (SSSR count). The Bertz CT molecular complexity index is 206. The second-order valence-electron chi connectivity index (χ2n) is 4.10. The summed E-state index contributed by atoms with van der Waals surface area (Å²) in [6, 6.07) is 0. The summed E-state index contributed by atoms with van der Waals surface area (Å²) in [4.78, 5) is 11.3. The topological polar surface area (TPSA) is 26.3 Å². The highest BCUT2D eigenvalue weighted by molar-refractivity contribution is 5.70. The van der Waals surface area contributed by atoms with Crippen LogP contribution in [0.4, 0.5) is 0 Å². The summed E-state index contributed by atoms with van der Waals surface area (Å²) in [5.41, 5.74) is 0. The first kappa shape index (κ1) is 10.3. The number of allylic oxidation sites excluding steroid dienone is 2. The van der Waals surface area contributed by atoms with Gasteiger partial charge in [0, 0.05) is 0 Å². The van der Waals surface area contributed by atoms with E-state index < -0.39 is 0 Å². The van der Waals surface area contributed by atoms with Gasteiger partial charge >= 0.3 is 5.97 Å². The molecule has 74 valence electrons. The molecule has 1 aliphatic carbocycles. The molecule has 0 aromatic heterocycles. The monoisotopic (exact) mass is 182 g/mol. The lowest BCUT2D eigenvalue weighted by Crippen LogP contribution is -2.14. The predicted molar refractivity (Wildman–Crippen MR) is 52.3 cm³/mol. The average Bonchev–Trinajstić information content (AvgIpc) is 2.33. The van der Waals surface area contributed by atoms with Crippen LogP contribution in [0.2, 0.25) is 0 Å². The maximum atomic E-state index is 11.3. The van der Waals surface area contributed by atoms with E-state index in [1.165, 1.54) is 0 Å². The number of hydrogen-bond acceptors (Lipinski definition) is 2. The molecule has 0 fully saturated rings. The van der Waals surface area contributed by atoms with E-state index in [9.17, 15) is 4.79 Å². The first-order valence-electron chi connectivity index (χ1n) is 4.95. The lowest BCUT2D eigenvalue weighted by atomic mass is 10.0. The molecule has 0 saturated heterocycles. The second-order valence-corrected chi connectivity index (χ2v) is 4.10. The molecule has 0 heterocycles. The SMILES string of the molecule is CC1C=CC(CC(=O)OC(C)C)C1. The van der Waals surface area contributed by atoms with Gasteiger partial charge in [-0.1, -0.05) is 19.1 Å². The smallest absolute Gasteiger partial charge is 0.306 e. The number of carbonyl (C=O) groups is 1. The van der Waals surface area contributed by atoms with Gasteiger partial charge in [-0.2, -0.15) is 0 Å². The van der Waals surface area contributed by atoms with Crippen LogP contribution >= 0.6 is 0 Å². The molecule has 1 aliphatic rings. The summed E-state index contributed by atoms with van der Waals surface area (Å²) < 4.78 is 5.07. The Morgan fingerprint density at radius 1 is 1.54 bits per heavy atom. The van der Waals surface area contributed by atoms with E-state index in [2.05, 4.69) is 19.1 Å². The van der Waals surface area contributed by atoms with Gasteiger partial charge in [0.2, 0.25) is 0 Å². The standard InChI is InChI=1S/C11H18O2/c1-8(2)13-11(12)7-10-5-4-9(3)6-10/h4-5,8-10H,6-7H2,1-3H3. The van der Waals surface area contributed by atoms with Crippen LogP contribution in [-0.4, -0.2) is 12.1 Å². The van der Waals surface area contributed by atoms with Gasteiger partial charge in [0.15, 0.2) is 0 Å². The molecule has 0 aliphatic heterocycles. The molecule has 0 amide bonds. The van der Waals surface area contributed by atoms with Gasteiger partial charge in [0.05, 0.1) is 12.5 Å². The highest BCUT2D eigenvalue weighted by Crippen LogP contribution is 2.25. The zero-order valence-corrected chi connectivity index (χ0v) is 8.62. The number of esters is 1. The van der Waals surface area contributed by atoms with Crippen LogP contribution in [0.25, 0.3) is 0 Å². The fourth-order valence-corrected chi connectivity index (χ4v) is 1.66. The normalized spacial score (nSPS) is 26.8. The van der Waals surface area contributed by atoms with E-state index in [1.54, 1.807) is 0 Å². The molecule has 0 aromatic carbocycles. The molecule has 13 heavy (non-hydrogen) atoms. The van der Waals surface area contributed by atoms with Gasteiger partial charge in [0.1, 0.15) is 0 Å². The highest BCUT2D eigenvalue weighted by Gasteiger charge is 2.19. The molecule has 2 unspecified atom stereocenters. The van der Waals surface area contributed by atoms with Crippen molar-refractivity contribution in [2.24, 2.45) is 11.8 Å². The van der Waals surface area contributed by atoms with E-state index in [0.717, 1.165) is 6.42 Å². The van der Waals surface area contributed by atoms with E-state index in [0.29, 0.717) is 18.3 Å². The van der Waals surface area contributed by atoms with Crippen molar-refractivity contribution >= 4 is 5.97 Å². The van der Waals surface area contributed by atoms with E-state index in [1.807, 2.05) is 13.8 Å². The van der Waals surface area contributed by atoms with Crippen molar-refractivity contribution in [3.63, 3.8) is 0 Å². The number of hydrogen-bond donors (Lipinski definition) is 0. The molecule has 0 aromatic rings. The van der Waals surface area contributed by atoms with Crippen LogP contribution in [0, 0.1) is 11.8 Å². The molecular formula is C11H18O2. The van der Waals surface area contributed by atoms with Crippen molar-refractivity contribution in [2.45, 2.75) is 39.7 Å². The third-order valence-electron chi connectivity index (χ3n) is 2.18. The molecule has 2 heteroatoms. The summed E-state index contributed by atoms with van der Waals surface area (Å²) in [5, 5.41) is 0. The fraction of sp³-hybridized carbons (Fsp3) is 0.727. The van der Waals surface area contributed by atoms with Crippen LogP contribution in [-0.2, 0) is 9.53 Å². The van der Waals surface area contributed by atoms with Crippen molar-refractivity contribution in [2.75, 3.05) is 0 Å². The molecule has 0 radical (unpaired) electrons. The number of rotatable bonds is 3. The third kappa shape index (κ3) is 3.62. The van der Waals surface area contributed by atoms with Crippen LogP contribution in [0.3, 0.4) is 0 Å².